The average molecular weight is 365 g/mol. The van der Waals surface area contributed by atoms with Crippen molar-refractivity contribution in [1.82, 2.24) is 10.6 Å². The molecule has 2 heterocycles. The molecule has 0 bridgehead atoms. The maximum absolute atomic E-state index is 3.72. The molecule has 0 aromatic rings. The number of fused-ring (bicyclic) bond motifs is 2. The van der Waals surface area contributed by atoms with Gasteiger partial charge in [0.1, 0.15) is 0 Å². The van der Waals surface area contributed by atoms with E-state index in [-0.39, 0.29) is 0 Å². The molecule has 0 aromatic heterocycles. The fourth-order valence-corrected chi connectivity index (χ4v) is 6.31. The molecule has 0 amide bonds. The molecular weight excluding hydrogens is 316 g/mol. The maximum Gasteiger partial charge on any atom is 0.0123 e. The fraction of sp³-hybridized carbons (Fsp3) is 1.00. The highest BCUT2D eigenvalue weighted by molar-refractivity contribution is 4.90. The van der Waals surface area contributed by atoms with Crippen LogP contribution in [0.1, 0.15) is 105 Å². The molecule has 2 heteroatoms. The Morgan fingerprint density at radius 3 is 2.04 bits per heavy atom. The van der Waals surface area contributed by atoms with E-state index in [2.05, 4.69) is 24.5 Å². The summed E-state index contributed by atoms with van der Waals surface area (Å²) in [5.41, 5.74) is 0. The smallest absolute Gasteiger partial charge is 0.0123 e. The first-order valence-electron chi connectivity index (χ1n) is 12.3. The molecule has 26 heavy (non-hydrogen) atoms. The number of hydrogen-bond donors (Lipinski definition) is 2. The molecule has 2 saturated carbocycles. The highest BCUT2D eigenvalue weighted by atomic mass is 14.9. The number of rotatable bonds is 2. The first kappa shape index (κ1) is 22.2. The number of hydrogen-bond acceptors (Lipinski definition) is 2. The Bertz CT molecular complexity index is 305. The van der Waals surface area contributed by atoms with Gasteiger partial charge in [-0.2, -0.15) is 0 Å². The highest BCUT2D eigenvalue weighted by Crippen LogP contribution is 2.37. The van der Waals surface area contributed by atoms with Crippen molar-refractivity contribution in [3.05, 3.63) is 0 Å². The molecule has 6 atom stereocenters. The van der Waals surface area contributed by atoms with E-state index in [0.29, 0.717) is 0 Å². The van der Waals surface area contributed by atoms with Crippen LogP contribution in [0, 0.1) is 23.7 Å². The van der Waals surface area contributed by atoms with Crippen LogP contribution in [-0.4, -0.2) is 25.2 Å². The number of nitrogens with one attached hydrogen (secondary N) is 2. The maximum atomic E-state index is 3.72. The largest absolute Gasteiger partial charge is 0.314 e. The molecule has 2 nitrogen and oxygen atoms in total. The fourth-order valence-electron chi connectivity index (χ4n) is 6.31. The van der Waals surface area contributed by atoms with E-state index >= 15 is 0 Å². The Balaban J connectivity index is 0.000000171. The van der Waals surface area contributed by atoms with E-state index in [9.17, 15) is 0 Å². The molecular formula is C24H48N2. The van der Waals surface area contributed by atoms with Crippen LogP contribution >= 0.6 is 0 Å². The summed E-state index contributed by atoms with van der Waals surface area (Å²) in [5, 5.41) is 7.41. The van der Waals surface area contributed by atoms with Crippen molar-refractivity contribution in [1.29, 1.82) is 0 Å². The van der Waals surface area contributed by atoms with E-state index in [1.54, 1.807) is 0 Å². The van der Waals surface area contributed by atoms with Crippen LogP contribution in [0.4, 0.5) is 0 Å². The summed E-state index contributed by atoms with van der Waals surface area (Å²) in [6, 6.07) is 1.77. The van der Waals surface area contributed by atoms with E-state index in [4.69, 9.17) is 0 Å². The molecule has 0 spiro atoms. The SMILES string of the molecule is CC.CCC1CCCC2CCCNC12.CCC1CCCC2NCCCC12. The Morgan fingerprint density at radius 1 is 0.654 bits per heavy atom. The molecule has 4 fully saturated rings. The first-order chi connectivity index (χ1) is 12.8. The topological polar surface area (TPSA) is 24.1 Å². The minimum absolute atomic E-state index is 0.887. The third kappa shape index (κ3) is 5.96. The van der Waals surface area contributed by atoms with Gasteiger partial charge in [-0.05, 0) is 81.7 Å². The van der Waals surface area contributed by atoms with Crippen LogP contribution in [0.15, 0.2) is 0 Å². The molecule has 2 saturated heterocycles. The van der Waals surface area contributed by atoms with Gasteiger partial charge >= 0.3 is 0 Å². The van der Waals surface area contributed by atoms with E-state index < -0.39 is 0 Å². The third-order valence-electron chi connectivity index (χ3n) is 7.68. The van der Waals surface area contributed by atoms with Crippen LogP contribution in [0.3, 0.4) is 0 Å². The van der Waals surface area contributed by atoms with Crippen LogP contribution in [-0.2, 0) is 0 Å². The Hall–Kier alpha value is -0.0800. The zero-order valence-electron chi connectivity index (χ0n) is 18.4. The van der Waals surface area contributed by atoms with Gasteiger partial charge < -0.3 is 10.6 Å². The molecule has 0 aromatic carbocycles. The molecule has 2 N–H and O–H groups in total. The summed E-state index contributed by atoms with van der Waals surface area (Å²) in [7, 11) is 0. The summed E-state index contributed by atoms with van der Waals surface area (Å²) < 4.78 is 0. The monoisotopic (exact) mass is 364 g/mol. The van der Waals surface area contributed by atoms with Crippen molar-refractivity contribution in [3.63, 3.8) is 0 Å². The summed E-state index contributed by atoms with van der Waals surface area (Å²) in [6.45, 7) is 11.3. The molecule has 4 rings (SSSR count). The van der Waals surface area contributed by atoms with E-state index in [1.165, 1.54) is 90.1 Å². The third-order valence-corrected chi connectivity index (χ3v) is 7.68. The van der Waals surface area contributed by atoms with Gasteiger partial charge in [-0.3, -0.25) is 0 Å². The van der Waals surface area contributed by atoms with Gasteiger partial charge in [0, 0.05) is 12.1 Å². The lowest BCUT2D eigenvalue weighted by Crippen LogP contribution is -2.48. The van der Waals surface area contributed by atoms with Gasteiger partial charge in [-0.1, -0.05) is 59.8 Å². The van der Waals surface area contributed by atoms with Gasteiger partial charge in [0.2, 0.25) is 0 Å². The summed E-state index contributed by atoms with van der Waals surface area (Å²) >= 11 is 0. The molecule has 0 radical (unpaired) electrons. The standard InChI is InChI=1S/2C11H21N.C2H6/c1-2-9-5-3-7-11-10(9)6-4-8-12-11;1-2-9-5-3-6-10-7-4-8-12-11(9)10;1-2/h2*9-12H,2-8H2,1H3;1-2H3. The van der Waals surface area contributed by atoms with Gasteiger partial charge in [0.25, 0.3) is 0 Å². The summed E-state index contributed by atoms with van der Waals surface area (Å²) in [5.74, 6) is 4.08. The minimum Gasteiger partial charge on any atom is -0.314 e. The number of piperidine rings is 2. The van der Waals surface area contributed by atoms with E-state index in [1.807, 2.05) is 13.8 Å². The van der Waals surface area contributed by atoms with Gasteiger partial charge in [-0.25, -0.2) is 0 Å². The quantitative estimate of drug-likeness (QED) is 0.613. The second-order valence-corrected chi connectivity index (χ2v) is 8.95. The summed E-state index contributed by atoms with van der Waals surface area (Å²) in [6.07, 6.45) is 17.5. The molecule has 154 valence electrons. The molecule has 2 aliphatic carbocycles. The minimum atomic E-state index is 0.887. The van der Waals surface area contributed by atoms with Crippen LogP contribution < -0.4 is 10.6 Å². The van der Waals surface area contributed by atoms with E-state index in [0.717, 1.165) is 35.8 Å². The highest BCUT2D eigenvalue weighted by Gasteiger charge is 2.34. The lowest BCUT2D eigenvalue weighted by molar-refractivity contribution is 0.135. The van der Waals surface area contributed by atoms with Crippen LogP contribution in [0.2, 0.25) is 0 Å². The van der Waals surface area contributed by atoms with Crippen molar-refractivity contribution < 1.29 is 0 Å². The van der Waals surface area contributed by atoms with Crippen molar-refractivity contribution >= 4 is 0 Å². The zero-order chi connectivity index (χ0) is 18.8. The second kappa shape index (κ2) is 12.4. The van der Waals surface area contributed by atoms with Crippen molar-refractivity contribution in [2.24, 2.45) is 23.7 Å². The van der Waals surface area contributed by atoms with Gasteiger partial charge in [-0.15, -0.1) is 0 Å². The second-order valence-electron chi connectivity index (χ2n) is 8.95. The van der Waals surface area contributed by atoms with Gasteiger partial charge in [0.15, 0.2) is 0 Å². The average Bonchev–Trinajstić information content (AvgIpc) is 2.74. The Kier molecular flexibility index (Phi) is 10.6. The Labute approximate surface area is 164 Å². The zero-order valence-corrected chi connectivity index (χ0v) is 18.4. The predicted octanol–water partition coefficient (Wildman–Crippen LogP) is 6.16. The van der Waals surface area contributed by atoms with Crippen LogP contribution in [0.5, 0.6) is 0 Å². The lowest BCUT2D eigenvalue weighted by atomic mass is 9.71. The van der Waals surface area contributed by atoms with Gasteiger partial charge in [0.05, 0.1) is 0 Å². The van der Waals surface area contributed by atoms with Crippen molar-refractivity contribution in [2.45, 2.75) is 117 Å². The van der Waals surface area contributed by atoms with Crippen molar-refractivity contribution in [3.8, 4) is 0 Å². The lowest BCUT2D eigenvalue weighted by Gasteiger charge is -2.41. The Morgan fingerprint density at radius 2 is 1.27 bits per heavy atom. The first-order valence-corrected chi connectivity index (χ1v) is 12.3. The van der Waals surface area contributed by atoms with Crippen LogP contribution in [0.25, 0.3) is 0 Å². The predicted molar refractivity (Wildman–Crippen MR) is 116 cm³/mol. The molecule has 4 aliphatic rings. The van der Waals surface area contributed by atoms with Crippen molar-refractivity contribution in [2.75, 3.05) is 13.1 Å². The summed E-state index contributed by atoms with van der Waals surface area (Å²) in [4.78, 5) is 0. The molecule has 6 unspecified atom stereocenters. The molecule has 2 aliphatic heterocycles. The normalized spacial score (nSPS) is 39.2.